The quantitative estimate of drug-likeness (QED) is 0.0867. The van der Waals surface area contributed by atoms with Gasteiger partial charge in [0.15, 0.2) is 22.8 Å². The standard InChI is InChI=1S/C46H41N7O8/c1-57-27-41(55)61-37-24-40(60-38(37)26-54)53-39(50-42-43(47-28-48-44(42)53)51-45(56)30-10-6-4-7-11-30)23-18-34-25-52(29-49-34)46(31-12-8-5-9-13-31,32-14-19-35(58-2)20-15-32)33-16-21-36(59-3)22-17-33/h4-17,19-22,25,28-29,37-38,40,54H,24,26-27H2,1-3H3,(H,47,48,51,56)/t37-,38+,40+/m0/s1. The molecule has 1 fully saturated rings. The Morgan fingerprint density at radius 1 is 0.836 bits per heavy atom. The van der Waals surface area contributed by atoms with Crippen molar-refractivity contribution >= 4 is 28.9 Å². The molecule has 15 nitrogen and oxygen atoms in total. The van der Waals surface area contributed by atoms with E-state index in [9.17, 15) is 14.7 Å². The predicted octanol–water partition coefficient (Wildman–Crippen LogP) is 5.37. The van der Waals surface area contributed by atoms with Gasteiger partial charge in [-0.1, -0.05) is 72.8 Å². The number of rotatable bonds is 13. The lowest BCUT2D eigenvalue weighted by molar-refractivity contribution is -0.157. The molecule has 4 heterocycles. The van der Waals surface area contributed by atoms with Crippen LogP contribution in [0.4, 0.5) is 5.82 Å². The molecule has 0 bridgehead atoms. The Kier molecular flexibility index (Phi) is 11.8. The summed E-state index contributed by atoms with van der Waals surface area (Å²) in [5, 5.41) is 13.1. The van der Waals surface area contributed by atoms with Crippen molar-refractivity contribution in [1.29, 1.82) is 0 Å². The van der Waals surface area contributed by atoms with Gasteiger partial charge in [-0.15, -0.1) is 0 Å². The fourth-order valence-corrected chi connectivity index (χ4v) is 7.58. The van der Waals surface area contributed by atoms with Crippen LogP contribution in [0.5, 0.6) is 11.5 Å². The van der Waals surface area contributed by atoms with Crippen LogP contribution in [-0.2, 0) is 24.5 Å². The summed E-state index contributed by atoms with van der Waals surface area (Å²) in [5.41, 5.74) is 3.28. The zero-order chi connectivity index (χ0) is 42.3. The third-order valence-corrected chi connectivity index (χ3v) is 10.4. The maximum Gasteiger partial charge on any atom is 0.332 e. The van der Waals surface area contributed by atoms with Gasteiger partial charge in [-0.05, 0) is 64.9 Å². The van der Waals surface area contributed by atoms with Crippen LogP contribution >= 0.6 is 0 Å². The molecule has 1 saturated heterocycles. The molecule has 308 valence electrons. The zero-order valence-corrected chi connectivity index (χ0v) is 33.5. The fraction of sp³-hybridized carbons (Fsp3) is 0.217. The van der Waals surface area contributed by atoms with Gasteiger partial charge in [-0.2, -0.15) is 0 Å². The van der Waals surface area contributed by atoms with Crippen LogP contribution in [0, 0.1) is 11.8 Å². The van der Waals surface area contributed by atoms with Gasteiger partial charge < -0.3 is 38.7 Å². The van der Waals surface area contributed by atoms with E-state index in [1.807, 2.05) is 83.6 Å². The number of anilines is 1. The monoisotopic (exact) mass is 819 g/mol. The van der Waals surface area contributed by atoms with E-state index in [1.165, 1.54) is 13.4 Å². The van der Waals surface area contributed by atoms with Crippen molar-refractivity contribution in [2.75, 3.05) is 39.9 Å². The number of fused-ring (bicyclic) bond motifs is 1. The highest BCUT2D eigenvalue weighted by molar-refractivity contribution is 6.06. The number of amides is 1. The first kappa shape index (κ1) is 40.4. The zero-order valence-electron chi connectivity index (χ0n) is 33.5. The Hall–Kier alpha value is -7.38. The molecule has 8 rings (SSSR count). The van der Waals surface area contributed by atoms with Crippen LogP contribution in [0.2, 0.25) is 0 Å². The second-order valence-corrected chi connectivity index (χ2v) is 14.0. The van der Waals surface area contributed by atoms with Crippen LogP contribution in [0.1, 0.15) is 51.2 Å². The molecular formula is C46H41N7O8. The van der Waals surface area contributed by atoms with Crippen LogP contribution in [-0.4, -0.2) is 92.8 Å². The lowest BCUT2D eigenvalue weighted by atomic mass is 9.76. The molecule has 2 N–H and O–H groups in total. The number of methoxy groups -OCH3 is 3. The molecule has 3 aromatic heterocycles. The van der Waals surface area contributed by atoms with Gasteiger partial charge in [-0.25, -0.2) is 24.7 Å². The van der Waals surface area contributed by atoms with Crippen molar-refractivity contribution in [3.8, 4) is 23.3 Å². The molecule has 3 atom stereocenters. The van der Waals surface area contributed by atoms with Crippen LogP contribution in [0.25, 0.3) is 11.2 Å². The van der Waals surface area contributed by atoms with Gasteiger partial charge in [0.05, 0.1) is 27.2 Å². The fourth-order valence-electron chi connectivity index (χ4n) is 7.58. The van der Waals surface area contributed by atoms with E-state index in [1.54, 1.807) is 49.4 Å². The molecule has 1 amide bonds. The Bertz CT molecular complexity index is 2640. The highest BCUT2D eigenvalue weighted by Gasteiger charge is 2.41. The number of imidazole rings is 2. The number of nitrogens with zero attached hydrogens (tertiary/aromatic N) is 6. The Balaban J connectivity index is 1.24. The summed E-state index contributed by atoms with van der Waals surface area (Å²) < 4.78 is 31.6. The number of hydrogen-bond acceptors (Lipinski definition) is 12. The molecule has 0 radical (unpaired) electrons. The number of ether oxygens (including phenoxy) is 5. The summed E-state index contributed by atoms with van der Waals surface area (Å²) >= 11 is 0. The van der Waals surface area contributed by atoms with E-state index in [0.717, 1.165) is 16.7 Å². The molecule has 1 aliphatic heterocycles. The van der Waals surface area contributed by atoms with Gasteiger partial charge in [0, 0.05) is 25.3 Å². The lowest BCUT2D eigenvalue weighted by Crippen LogP contribution is -2.37. The van der Waals surface area contributed by atoms with Gasteiger partial charge in [0.25, 0.3) is 5.91 Å². The molecule has 15 heteroatoms. The third-order valence-electron chi connectivity index (χ3n) is 10.4. The summed E-state index contributed by atoms with van der Waals surface area (Å²) in [4.78, 5) is 44.2. The van der Waals surface area contributed by atoms with Gasteiger partial charge in [0.1, 0.15) is 54.1 Å². The van der Waals surface area contributed by atoms with Crippen molar-refractivity contribution in [3.05, 3.63) is 162 Å². The molecule has 0 spiro atoms. The predicted molar refractivity (Wildman–Crippen MR) is 223 cm³/mol. The normalized spacial score (nSPS) is 16.1. The van der Waals surface area contributed by atoms with E-state index < -0.39 is 42.5 Å². The minimum absolute atomic E-state index is 0.133. The largest absolute Gasteiger partial charge is 0.497 e. The second-order valence-electron chi connectivity index (χ2n) is 14.0. The first-order valence-electron chi connectivity index (χ1n) is 19.3. The van der Waals surface area contributed by atoms with E-state index in [0.29, 0.717) is 28.4 Å². The van der Waals surface area contributed by atoms with Gasteiger partial charge in [0.2, 0.25) is 0 Å². The number of benzene rings is 4. The summed E-state index contributed by atoms with van der Waals surface area (Å²) in [6.45, 7) is -0.692. The van der Waals surface area contributed by atoms with Crippen LogP contribution < -0.4 is 14.8 Å². The topological polar surface area (TPSA) is 174 Å². The Morgan fingerprint density at radius 2 is 1.48 bits per heavy atom. The number of carbonyl (C=O) groups is 2. The van der Waals surface area contributed by atoms with Crippen molar-refractivity contribution in [3.63, 3.8) is 0 Å². The number of aliphatic hydroxyl groups excluding tert-OH is 1. The van der Waals surface area contributed by atoms with Gasteiger partial charge in [-0.3, -0.25) is 9.36 Å². The van der Waals surface area contributed by atoms with E-state index in [2.05, 4.69) is 39.3 Å². The van der Waals surface area contributed by atoms with E-state index in [4.69, 9.17) is 33.7 Å². The SMILES string of the molecule is COCC(=O)O[C@H]1C[C@H](n2c(C#Cc3cn(C(c4ccccc4)(c4ccc(OC)cc4)c4ccc(OC)cc4)cn3)nc3c(NC(=O)c4ccccc4)ncnc32)O[C@@H]1CO. The number of hydrogen-bond donors (Lipinski definition) is 2. The number of nitrogens with one attached hydrogen (secondary N) is 1. The first-order chi connectivity index (χ1) is 29.9. The third kappa shape index (κ3) is 8.03. The maximum absolute atomic E-state index is 13.3. The minimum Gasteiger partial charge on any atom is -0.497 e. The average molecular weight is 820 g/mol. The number of aliphatic hydroxyl groups is 1. The van der Waals surface area contributed by atoms with Crippen molar-refractivity contribution in [2.45, 2.75) is 30.4 Å². The summed E-state index contributed by atoms with van der Waals surface area (Å²) in [7, 11) is 4.65. The molecule has 0 saturated carbocycles. The molecule has 7 aromatic rings. The van der Waals surface area contributed by atoms with E-state index >= 15 is 0 Å². The molecule has 0 unspecified atom stereocenters. The van der Waals surface area contributed by atoms with Crippen molar-refractivity contribution < 1.29 is 38.4 Å². The highest BCUT2D eigenvalue weighted by atomic mass is 16.6. The summed E-state index contributed by atoms with van der Waals surface area (Å²) in [5.74, 6) is 7.14. The minimum atomic E-state index is -0.923. The Labute approximate surface area is 350 Å². The van der Waals surface area contributed by atoms with E-state index in [-0.39, 0.29) is 30.2 Å². The molecular weight excluding hydrogens is 779 g/mol. The smallest absolute Gasteiger partial charge is 0.332 e. The maximum atomic E-state index is 13.3. The number of carbonyl (C=O) groups excluding carboxylic acids is 2. The molecule has 0 aliphatic carbocycles. The highest BCUT2D eigenvalue weighted by Crippen LogP contribution is 2.42. The molecule has 4 aromatic carbocycles. The van der Waals surface area contributed by atoms with Gasteiger partial charge >= 0.3 is 5.97 Å². The van der Waals surface area contributed by atoms with Crippen LogP contribution in [0.3, 0.4) is 0 Å². The van der Waals surface area contributed by atoms with Crippen LogP contribution in [0.15, 0.2) is 128 Å². The Morgan fingerprint density at radius 3 is 2.10 bits per heavy atom. The second kappa shape index (κ2) is 17.9. The average Bonchev–Trinajstić information content (AvgIpc) is 4.04. The number of esters is 1. The van der Waals surface area contributed by atoms with Crippen molar-refractivity contribution in [1.82, 2.24) is 29.1 Å². The first-order valence-corrected chi connectivity index (χ1v) is 19.3. The molecule has 61 heavy (non-hydrogen) atoms. The van der Waals surface area contributed by atoms with Crippen molar-refractivity contribution in [2.24, 2.45) is 0 Å². The lowest BCUT2D eigenvalue weighted by Gasteiger charge is -2.37. The molecule has 1 aliphatic rings. The number of aromatic nitrogens is 6. The summed E-state index contributed by atoms with van der Waals surface area (Å²) in [6, 6.07) is 34.6. The summed E-state index contributed by atoms with van der Waals surface area (Å²) in [6.07, 6.45) is 2.53.